The van der Waals surface area contributed by atoms with Crippen molar-refractivity contribution in [3.63, 3.8) is 0 Å². The lowest BCUT2D eigenvalue weighted by Gasteiger charge is -2.49. The molecule has 0 aromatic heterocycles. The molecule has 31 heavy (non-hydrogen) atoms. The first kappa shape index (κ1) is 22.3. The monoisotopic (exact) mass is 428 g/mol. The first-order valence-corrected chi connectivity index (χ1v) is 11.6. The van der Waals surface area contributed by atoms with Crippen molar-refractivity contribution in [3.8, 4) is 0 Å². The highest BCUT2D eigenvalue weighted by Gasteiger charge is 2.50. The molecule has 0 radical (unpaired) electrons. The molecule has 2 saturated heterocycles. The molecule has 2 aliphatic heterocycles. The molecule has 1 aromatic carbocycles. The summed E-state index contributed by atoms with van der Waals surface area (Å²) in [6, 6.07) is 10.7. The van der Waals surface area contributed by atoms with E-state index in [4.69, 9.17) is 4.74 Å². The van der Waals surface area contributed by atoms with E-state index in [0.29, 0.717) is 45.4 Å². The molecular formula is C25H36N2O4. The van der Waals surface area contributed by atoms with Crippen LogP contribution in [-0.4, -0.2) is 67.2 Å². The van der Waals surface area contributed by atoms with Crippen LogP contribution < -0.4 is 0 Å². The lowest BCUT2D eigenvalue weighted by atomic mass is 9.64. The zero-order chi connectivity index (χ0) is 22.1. The molecule has 1 aliphatic carbocycles. The molecule has 2 heterocycles. The Morgan fingerprint density at radius 3 is 2.29 bits per heavy atom. The van der Waals surface area contributed by atoms with Crippen LogP contribution in [0.2, 0.25) is 0 Å². The third-order valence-corrected chi connectivity index (χ3v) is 8.47. The fourth-order valence-electron chi connectivity index (χ4n) is 6.14. The lowest BCUT2D eigenvalue weighted by molar-refractivity contribution is -0.156. The second-order valence-electron chi connectivity index (χ2n) is 10.2. The van der Waals surface area contributed by atoms with Crippen molar-refractivity contribution < 1.29 is 19.4 Å². The van der Waals surface area contributed by atoms with E-state index in [9.17, 15) is 14.7 Å². The van der Waals surface area contributed by atoms with Crippen molar-refractivity contribution in [3.05, 3.63) is 35.9 Å². The van der Waals surface area contributed by atoms with E-state index in [1.54, 1.807) is 0 Å². The molecule has 0 bridgehead atoms. The van der Waals surface area contributed by atoms with Gasteiger partial charge in [-0.3, -0.25) is 14.5 Å². The van der Waals surface area contributed by atoms with Crippen molar-refractivity contribution in [2.24, 2.45) is 10.8 Å². The summed E-state index contributed by atoms with van der Waals surface area (Å²) in [4.78, 5) is 29.2. The van der Waals surface area contributed by atoms with E-state index in [2.05, 4.69) is 49.3 Å². The van der Waals surface area contributed by atoms with Crippen molar-refractivity contribution in [1.29, 1.82) is 0 Å². The summed E-state index contributed by atoms with van der Waals surface area (Å²) in [6.45, 7) is 2.31. The van der Waals surface area contributed by atoms with E-state index in [1.807, 2.05) is 4.90 Å². The van der Waals surface area contributed by atoms with Gasteiger partial charge < -0.3 is 14.7 Å². The van der Waals surface area contributed by atoms with Crippen LogP contribution >= 0.6 is 0 Å². The molecular weight excluding hydrogens is 392 g/mol. The Morgan fingerprint density at radius 2 is 1.71 bits per heavy atom. The average Bonchev–Trinajstić information content (AvgIpc) is 3.09. The third-order valence-electron chi connectivity index (χ3n) is 8.47. The van der Waals surface area contributed by atoms with E-state index in [1.165, 1.54) is 5.56 Å². The Morgan fingerprint density at radius 1 is 1.06 bits per heavy atom. The molecule has 170 valence electrons. The number of aliphatic carboxylic acids is 1. The third kappa shape index (κ3) is 4.12. The number of rotatable bonds is 6. The van der Waals surface area contributed by atoms with Crippen molar-refractivity contribution in [2.75, 3.05) is 40.4 Å². The normalized spacial score (nSPS) is 30.8. The summed E-state index contributed by atoms with van der Waals surface area (Å²) >= 11 is 0. The summed E-state index contributed by atoms with van der Waals surface area (Å²) in [5.41, 5.74) is 0.684. The topological polar surface area (TPSA) is 70.1 Å². The van der Waals surface area contributed by atoms with Crippen LogP contribution in [0.1, 0.15) is 56.9 Å². The Labute approximate surface area is 185 Å². The predicted molar refractivity (Wildman–Crippen MR) is 119 cm³/mol. The van der Waals surface area contributed by atoms with Gasteiger partial charge in [0, 0.05) is 38.3 Å². The molecule has 6 heteroatoms. The molecule has 1 amide bonds. The van der Waals surface area contributed by atoms with Crippen molar-refractivity contribution in [2.45, 2.75) is 56.9 Å². The number of nitrogens with zero attached hydrogens (tertiary/aromatic N) is 2. The molecule has 1 saturated carbocycles. The Hall–Kier alpha value is -1.92. The number of hydrogen-bond acceptors (Lipinski definition) is 4. The number of amides is 1. The highest BCUT2D eigenvalue weighted by molar-refractivity contribution is 5.80. The summed E-state index contributed by atoms with van der Waals surface area (Å²) in [5.74, 6) is -0.543. The minimum absolute atomic E-state index is 0.0262. The van der Waals surface area contributed by atoms with Crippen molar-refractivity contribution >= 4 is 11.9 Å². The van der Waals surface area contributed by atoms with Gasteiger partial charge in [0.25, 0.3) is 0 Å². The number of carbonyl (C=O) groups excluding carboxylic acids is 1. The number of carboxylic acid groups (broad SMARTS) is 1. The molecule has 3 aliphatic rings. The second-order valence-corrected chi connectivity index (χ2v) is 10.2. The Kier molecular flexibility index (Phi) is 6.14. The van der Waals surface area contributed by atoms with Gasteiger partial charge in [-0.1, -0.05) is 30.3 Å². The molecule has 3 fully saturated rings. The van der Waals surface area contributed by atoms with E-state index in [0.717, 1.165) is 32.2 Å². The molecule has 1 aromatic rings. The minimum Gasteiger partial charge on any atom is -0.481 e. The van der Waals surface area contributed by atoms with Crippen LogP contribution in [0.15, 0.2) is 30.3 Å². The first-order chi connectivity index (χ1) is 14.8. The largest absolute Gasteiger partial charge is 0.481 e. The second kappa shape index (κ2) is 8.55. The van der Waals surface area contributed by atoms with Gasteiger partial charge in [0.1, 0.15) is 0 Å². The maximum absolute atomic E-state index is 12.9. The zero-order valence-corrected chi connectivity index (χ0v) is 18.9. The molecule has 0 atom stereocenters. The summed E-state index contributed by atoms with van der Waals surface area (Å²) < 4.78 is 5.39. The standard InChI is InChI=1S/C25H36N2O4/c1-26(2)25(20-6-4-3-5-7-20)10-8-23(9-11-25)18-21(28)27(19-23)15-12-24(22(29)30)13-16-31-17-14-24/h3-7H,8-19H2,1-2H3,(H,29,30)/t23-,25+. The number of likely N-dealkylation sites (tertiary alicyclic amines) is 1. The number of carbonyl (C=O) groups is 2. The highest BCUT2D eigenvalue weighted by Crippen LogP contribution is 2.52. The van der Waals surface area contributed by atoms with Crippen LogP contribution in [0.4, 0.5) is 0 Å². The fourth-order valence-corrected chi connectivity index (χ4v) is 6.14. The van der Waals surface area contributed by atoms with Crippen LogP contribution in [0.5, 0.6) is 0 Å². The van der Waals surface area contributed by atoms with Gasteiger partial charge in [-0.25, -0.2) is 0 Å². The predicted octanol–water partition coefficient (Wildman–Crippen LogP) is 3.51. The van der Waals surface area contributed by atoms with Gasteiger partial charge >= 0.3 is 5.97 Å². The van der Waals surface area contributed by atoms with Gasteiger partial charge in [-0.2, -0.15) is 0 Å². The Balaban J connectivity index is 1.42. The molecule has 4 rings (SSSR count). The maximum atomic E-state index is 12.9. The van der Waals surface area contributed by atoms with Crippen LogP contribution in [0.3, 0.4) is 0 Å². The smallest absolute Gasteiger partial charge is 0.309 e. The summed E-state index contributed by atoms with van der Waals surface area (Å²) in [7, 11) is 4.33. The Bertz CT molecular complexity index is 793. The zero-order valence-electron chi connectivity index (χ0n) is 18.9. The lowest BCUT2D eigenvalue weighted by Crippen LogP contribution is -2.47. The summed E-state index contributed by atoms with van der Waals surface area (Å²) in [6.07, 6.45) is 6.35. The van der Waals surface area contributed by atoms with Gasteiger partial charge in [0.05, 0.1) is 5.41 Å². The molecule has 0 unspecified atom stereocenters. The van der Waals surface area contributed by atoms with E-state index >= 15 is 0 Å². The van der Waals surface area contributed by atoms with E-state index < -0.39 is 11.4 Å². The van der Waals surface area contributed by atoms with E-state index in [-0.39, 0.29) is 16.9 Å². The minimum atomic E-state index is -0.742. The first-order valence-electron chi connectivity index (χ1n) is 11.6. The highest BCUT2D eigenvalue weighted by atomic mass is 16.5. The average molecular weight is 429 g/mol. The number of ether oxygens (including phenoxy) is 1. The maximum Gasteiger partial charge on any atom is 0.309 e. The van der Waals surface area contributed by atoms with Crippen LogP contribution in [0.25, 0.3) is 0 Å². The quantitative estimate of drug-likeness (QED) is 0.751. The number of benzene rings is 1. The molecule has 6 nitrogen and oxygen atoms in total. The van der Waals surface area contributed by atoms with Crippen LogP contribution in [0, 0.1) is 10.8 Å². The fraction of sp³-hybridized carbons (Fsp3) is 0.680. The molecule has 1 spiro atoms. The summed E-state index contributed by atoms with van der Waals surface area (Å²) in [5, 5.41) is 9.82. The van der Waals surface area contributed by atoms with Crippen molar-refractivity contribution in [1.82, 2.24) is 9.80 Å². The van der Waals surface area contributed by atoms with Gasteiger partial charge in [-0.05, 0) is 70.0 Å². The number of carboxylic acids is 1. The van der Waals surface area contributed by atoms with Gasteiger partial charge in [-0.15, -0.1) is 0 Å². The van der Waals surface area contributed by atoms with Crippen LogP contribution in [-0.2, 0) is 19.9 Å². The van der Waals surface area contributed by atoms with Gasteiger partial charge in [0.2, 0.25) is 5.91 Å². The molecule has 1 N–H and O–H groups in total. The number of hydrogen-bond donors (Lipinski definition) is 1. The van der Waals surface area contributed by atoms with Gasteiger partial charge in [0.15, 0.2) is 0 Å². The SMILES string of the molecule is CN(C)[C@]1(c2ccccc2)CC[C@]2(CC1)CC(=O)N(CCC1(C(=O)O)CCOCC1)C2.